The van der Waals surface area contributed by atoms with Crippen LogP contribution in [0.3, 0.4) is 0 Å². The number of amides is 1. The summed E-state index contributed by atoms with van der Waals surface area (Å²) in [6.45, 7) is 0. The van der Waals surface area contributed by atoms with Crippen LogP contribution in [0.2, 0.25) is 5.02 Å². The van der Waals surface area contributed by atoms with Crippen molar-refractivity contribution in [2.75, 3.05) is 0 Å². The topological polar surface area (TPSA) is 41.5 Å². The molecule has 1 saturated carbocycles. The molecule has 2 aliphatic carbocycles. The van der Waals surface area contributed by atoms with Gasteiger partial charge in [0.25, 0.3) is 5.91 Å². The predicted octanol–water partition coefficient (Wildman–Crippen LogP) is 3.02. The Kier molecular flexibility index (Phi) is 2.92. The van der Waals surface area contributed by atoms with Gasteiger partial charge in [0.1, 0.15) is 0 Å². The van der Waals surface area contributed by atoms with Crippen molar-refractivity contribution in [3.8, 4) is 0 Å². The fourth-order valence-electron chi connectivity index (χ4n) is 2.45. The van der Waals surface area contributed by atoms with E-state index in [1.807, 2.05) is 0 Å². The van der Waals surface area contributed by atoms with Crippen molar-refractivity contribution < 1.29 is 4.79 Å². The van der Waals surface area contributed by atoms with Gasteiger partial charge < -0.3 is 0 Å². The molecule has 0 saturated heterocycles. The van der Waals surface area contributed by atoms with Gasteiger partial charge in [-0.2, -0.15) is 5.10 Å². The van der Waals surface area contributed by atoms with E-state index in [1.165, 1.54) is 0 Å². The summed E-state index contributed by atoms with van der Waals surface area (Å²) in [5, 5.41) is 4.84. The summed E-state index contributed by atoms with van der Waals surface area (Å²) >= 11 is 5.77. The SMILES string of the molecule is O=C(N/N=C1\C[C@H]2C=CC[C@H]12)c1ccc(Cl)cc1. The lowest BCUT2D eigenvalue weighted by molar-refractivity contribution is 0.0954. The maximum atomic E-state index is 11.8. The average molecular weight is 261 g/mol. The van der Waals surface area contributed by atoms with Gasteiger partial charge in [0.05, 0.1) is 0 Å². The Bertz CT molecular complexity index is 533. The van der Waals surface area contributed by atoms with Gasteiger partial charge in [-0.3, -0.25) is 4.79 Å². The number of halogens is 1. The van der Waals surface area contributed by atoms with E-state index < -0.39 is 0 Å². The van der Waals surface area contributed by atoms with Crippen LogP contribution in [0, 0.1) is 11.8 Å². The van der Waals surface area contributed by atoms with Crippen LogP contribution in [0.4, 0.5) is 0 Å². The molecular weight excluding hydrogens is 248 g/mol. The van der Waals surface area contributed by atoms with E-state index in [4.69, 9.17) is 11.6 Å². The number of carbonyl (C=O) groups is 1. The van der Waals surface area contributed by atoms with Crippen molar-refractivity contribution in [2.45, 2.75) is 12.8 Å². The van der Waals surface area contributed by atoms with E-state index >= 15 is 0 Å². The Balaban J connectivity index is 1.62. The van der Waals surface area contributed by atoms with E-state index in [-0.39, 0.29) is 5.91 Å². The molecule has 0 unspecified atom stereocenters. The summed E-state index contributed by atoms with van der Waals surface area (Å²) < 4.78 is 0. The van der Waals surface area contributed by atoms with Crippen molar-refractivity contribution in [2.24, 2.45) is 16.9 Å². The quantitative estimate of drug-likeness (QED) is 0.645. The van der Waals surface area contributed by atoms with E-state index in [2.05, 4.69) is 22.7 Å². The zero-order chi connectivity index (χ0) is 12.5. The number of nitrogens with zero attached hydrogens (tertiary/aromatic N) is 1. The highest BCUT2D eigenvalue weighted by atomic mass is 35.5. The lowest BCUT2D eigenvalue weighted by Crippen LogP contribution is -2.35. The van der Waals surface area contributed by atoms with Crippen molar-refractivity contribution in [3.63, 3.8) is 0 Å². The molecular formula is C14H13ClN2O. The second-order valence-electron chi connectivity index (χ2n) is 4.69. The zero-order valence-corrected chi connectivity index (χ0v) is 10.5. The highest BCUT2D eigenvalue weighted by Gasteiger charge is 2.37. The number of benzene rings is 1. The molecule has 18 heavy (non-hydrogen) atoms. The fourth-order valence-corrected chi connectivity index (χ4v) is 2.58. The van der Waals surface area contributed by atoms with Crippen LogP contribution < -0.4 is 5.43 Å². The first kappa shape index (κ1) is 11.5. The lowest BCUT2D eigenvalue weighted by Gasteiger charge is -2.31. The normalized spacial score (nSPS) is 26.8. The van der Waals surface area contributed by atoms with Crippen LogP contribution >= 0.6 is 11.6 Å². The van der Waals surface area contributed by atoms with Crippen LogP contribution in [0.5, 0.6) is 0 Å². The van der Waals surface area contributed by atoms with Crippen molar-refractivity contribution in [3.05, 3.63) is 47.0 Å². The summed E-state index contributed by atoms with van der Waals surface area (Å²) in [4.78, 5) is 11.8. The molecule has 2 atom stereocenters. The Morgan fingerprint density at radius 3 is 2.83 bits per heavy atom. The van der Waals surface area contributed by atoms with Gasteiger partial charge in [-0.25, -0.2) is 5.43 Å². The van der Waals surface area contributed by atoms with E-state index in [0.29, 0.717) is 22.4 Å². The number of hydrogen-bond acceptors (Lipinski definition) is 2. The first-order valence-electron chi connectivity index (χ1n) is 6.03. The van der Waals surface area contributed by atoms with Gasteiger partial charge >= 0.3 is 0 Å². The van der Waals surface area contributed by atoms with Crippen LogP contribution in [0.25, 0.3) is 0 Å². The second kappa shape index (κ2) is 4.58. The maximum absolute atomic E-state index is 11.8. The molecule has 1 fully saturated rings. The minimum atomic E-state index is -0.187. The van der Waals surface area contributed by atoms with E-state index in [0.717, 1.165) is 18.6 Å². The number of hydrogen-bond donors (Lipinski definition) is 1. The summed E-state index contributed by atoms with van der Waals surface area (Å²) in [7, 11) is 0. The molecule has 1 aromatic rings. The second-order valence-corrected chi connectivity index (χ2v) is 5.13. The van der Waals surface area contributed by atoms with Gasteiger partial charge in [-0.1, -0.05) is 23.8 Å². The fraction of sp³-hybridized carbons (Fsp3) is 0.286. The van der Waals surface area contributed by atoms with Gasteiger partial charge in [-0.15, -0.1) is 0 Å². The van der Waals surface area contributed by atoms with Crippen LogP contribution in [-0.2, 0) is 0 Å². The minimum Gasteiger partial charge on any atom is -0.267 e. The van der Waals surface area contributed by atoms with Gasteiger partial charge in [-0.05, 0) is 43.0 Å². The number of nitrogens with one attached hydrogen (secondary N) is 1. The Labute approximate surface area is 111 Å². The molecule has 0 aliphatic heterocycles. The zero-order valence-electron chi connectivity index (χ0n) is 9.77. The third kappa shape index (κ3) is 2.06. The third-order valence-corrected chi connectivity index (χ3v) is 3.82. The summed E-state index contributed by atoms with van der Waals surface area (Å²) in [5.74, 6) is 0.986. The van der Waals surface area contributed by atoms with Crippen molar-refractivity contribution >= 4 is 23.2 Å². The van der Waals surface area contributed by atoms with Crippen molar-refractivity contribution in [1.29, 1.82) is 0 Å². The predicted molar refractivity (Wildman–Crippen MR) is 71.7 cm³/mol. The standard InChI is InChI=1S/C14H13ClN2O/c15-11-6-4-9(5-7-11)14(18)17-16-13-8-10-2-1-3-12(10)13/h1-2,4-7,10,12H,3,8H2,(H,17,18)/b16-13+/t10-,12+/m1/s1. The van der Waals surface area contributed by atoms with Crippen LogP contribution in [0.1, 0.15) is 23.2 Å². The van der Waals surface area contributed by atoms with E-state index in [1.54, 1.807) is 24.3 Å². The molecule has 2 aliphatic rings. The molecule has 4 heteroatoms. The summed E-state index contributed by atoms with van der Waals surface area (Å²) in [5.41, 5.74) is 4.29. The summed E-state index contributed by atoms with van der Waals surface area (Å²) in [6, 6.07) is 6.78. The van der Waals surface area contributed by atoms with Gasteiger partial charge in [0.2, 0.25) is 0 Å². The number of allylic oxidation sites excluding steroid dienone is 2. The average Bonchev–Trinajstić information content (AvgIpc) is 2.72. The first-order valence-corrected chi connectivity index (χ1v) is 6.41. The minimum absolute atomic E-state index is 0.187. The number of carbonyl (C=O) groups excluding carboxylic acids is 1. The van der Waals surface area contributed by atoms with Gasteiger partial charge in [0, 0.05) is 22.2 Å². The largest absolute Gasteiger partial charge is 0.271 e. The maximum Gasteiger partial charge on any atom is 0.271 e. The molecule has 92 valence electrons. The molecule has 3 nitrogen and oxygen atoms in total. The molecule has 0 aromatic heterocycles. The lowest BCUT2D eigenvalue weighted by atomic mass is 9.74. The molecule has 1 N–H and O–H groups in total. The Hall–Kier alpha value is -1.61. The van der Waals surface area contributed by atoms with Gasteiger partial charge in [0.15, 0.2) is 0 Å². The molecule has 1 aromatic carbocycles. The van der Waals surface area contributed by atoms with Crippen molar-refractivity contribution in [1.82, 2.24) is 5.43 Å². The van der Waals surface area contributed by atoms with Crippen LogP contribution in [-0.4, -0.2) is 11.6 Å². The monoisotopic (exact) mass is 260 g/mol. The smallest absolute Gasteiger partial charge is 0.267 e. The third-order valence-electron chi connectivity index (χ3n) is 3.57. The molecule has 0 heterocycles. The Morgan fingerprint density at radius 2 is 2.11 bits per heavy atom. The highest BCUT2D eigenvalue weighted by molar-refractivity contribution is 6.30. The van der Waals surface area contributed by atoms with Crippen LogP contribution in [0.15, 0.2) is 41.5 Å². The highest BCUT2D eigenvalue weighted by Crippen LogP contribution is 2.40. The summed E-state index contributed by atoms with van der Waals surface area (Å²) in [6.07, 6.45) is 6.46. The number of fused-ring (bicyclic) bond motifs is 1. The molecule has 3 rings (SSSR count). The molecule has 0 spiro atoms. The molecule has 0 radical (unpaired) electrons. The molecule has 1 amide bonds. The first-order chi connectivity index (χ1) is 8.74. The number of hydrazone groups is 1. The van der Waals surface area contributed by atoms with E-state index in [9.17, 15) is 4.79 Å². The molecule has 0 bridgehead atoms. The number of rotatable bonds is 2. The Morgan fingerprint density at radius 1 is 1.33 bits per heavy atom.